The van der Waals surface area contributed by atoms with Gasteiger partial charge < -0.3 is 10.0 Å². The number of benzene rings is 1. The highest BCUT2D eigenvalue weighted by Crippen LogP contribution is 2.25. The first-order valence-corrected chi connectivity index (χ1v) is 7.16. The number of nitrogens with zero attached hydrogens (tertiary/aromatic N) is 1. The maximum Gasteiger partial charge on any atom is 0.326 e. The minimum Gasteiger partial charge on any atom is -0.480 e. The van der Waals surface area contributed by atoms with Gasteiger partial charge >= 0.3 is 5.97 Å². The monoisotopic (exact) mass is 345 g/mol. The van der Waals surface area contributed by atoms with Gasteiger partial charge in [-0.25, -0.2) is 4.79 Å². The van der Waals surface area contributed by atoms with Crippen LogP contribution in [0.5, 0.6) is 0 Å². The maximum atomic E-state index is 12.4. The van der Waals surface area contributed by atoms with Crippen molar-refractivity contribution < 1.29 is 14.7 Å². The fourth-order valence-corrected chi connectivity index (χ4v) is 2.65. The fourth-order valence-electron chi connectivity index (χ4n) is 2.23. The lowest BCUT2D eigenvalue weighted by Crippen LogP contribution is -2.47. The number of amides is 1. The number of carboxylic acids is 1. The molecule has 1 saturated heterocycles. The Labute approximate surface area is 124 Å². The molecule has 1 aliphatic heterocycles. The highest BCUT2D eigenvalue weighted by molar-refractivity contribution is 9.10. The van der Waals surface area contributed by atoms with Gasteiger partial charge in [-0.2, -0.15) is 0 Å². The third-order valence-corrected chi connectivity index (χ3v) is 4.45. The third-order valence-electron chi connectivity index (χ3n) is 3.22. The Morgan fingerprint density at radius 2 is 2.11 bits per heavy atom. The number of hydrogen-bond acceptors (Lipinski definition) is 2. The maximum absolute atomic E-state index is 12.4. The average Bonchev–Trinajstić information content (AvgIpc) is 2.41. The van der Waals surface area contributed by atoms with E-state index in [-0.39, 0.29) is 5.91 Å². The van der Waals surface area contributed by atoms with Crippen molar-refractivity contribution in [3.8, 4) is 0 Å². The van der Waals surface area contributed by atoms with E-state index in [4.69, 9.17) is 11.6 Å². The number of likely N-dealkylation sites (tertiary alicyclic amines) is 1. The Hall–Kier alpha value is -1.07. The molecule has 1 fully saturated rings. The van der Waals surface area contributed by atoms with Gasteiger partial charge in [0.15, 0.2) is 0 Å². The Bertz CT molecular complexity index is 521. The van der Waals surface area contributed by atoms with Crippen LogP contribution in [0.2, 0.25) is 5.02 Å². The highest BCUT2D eigenvalue weighted by atomic mass is 79.9. The molecule has 6 heteroatoms. The number of piperidine rings is 1. The molecule has 1 amide bonds. The minimum atomic E-state index is -0.948. The second-order valence-corrected chi connectivity index (χ2v) is 5.74. The highest BCUT2D eigenvalue weighted by Gasteiger charge is 2.32. The molecule has 1 N–H and O–H groups in total. The molecule has 0 aliphatic carbocycles. The largest absolute Gasteiger partial charge is 0.480 e. The molecule has 0 bridgehead atoms. The number of carbonyl (C=O) groups is 2. The molecule has 0 unspecified atom stereocenters. The summed E-state index contributed by atoms with van der Waals surface area (Å²) in [5.74, 6) is -1.22. The zero-order valence-electron chi connectivity index (χ0n) is 10.1. The molecule has 0 saturated carbocycles. The minimum absolute atomic E-state index is 0.276. The topological polar surface area (TPSA) is 57.6 Å². The van der Waals surface area contributed by atoms with Gasteiger partial charge in [0.1, 0.15) is 6.04 Å². The molecule has 1 aromatic rings. The summed E-state index contributed by atoms with van der Waals surface area (Å²) in [4.78, 5) is 25.0. The molecule has 0 spiro atoms. The van der Waals surface area contributed by atoms with Gasteiger partial charge in [-0.1, -0.05) is 11.6 Å². The van der Waals surface area contributed by atoms with Crippen molar-refractivity contribution in [3.05, 3.63) is 33.3 Å². The number of aliphatic carboxylic acids is 1. The molecule has 1 aromatic carbocycles. The summed E-state index contributed by atoms with van der Waals surface area (Å²) < 4.78 is 0.708. The molecule has 2 rings (SSSR count). The van der Waals surface area contributed by atoms with E-state index in [0.717, 1.165) is 12.8 Å². The molecule has 0 radical (unpaired) electrons. The molecule has 102 valence electrons. The Morgan fingerprint density at radius 1 is 1.37 bits per heavy atom. The van der Waals surface area contributed by atoms with Crippen molar-refractivity contribution in [2.75, 3.05) is 6.54 Å². The van der Waals surface area contributed by atoms with Crippen LogP contribution in [0, 0.1) is 0 Å². The van der Waals surface area contributed by atoms with E-state index in [1.165, 1.54) is 4.90 Å². The van der Waals surface area contributed by atoms with Crippen molar-refractivity contribution in [1.29, 1.82) is 0 Å². The van der Waals surface area contributed by atoms with E-state index in [1.807, 2.05) is 0 Å². The molecule has 0 aromatic heterocycles. The summed E-state index contributed by atoms with van der Waals surface area (Å²) in [5.41, 5.74) is 0.418. The number of carboxylic acid groups (broad SMARTS) is 1. The molecule has 1 atom stereocenters. The van der Waals surface area contributed by atoms with Crippen molar-refractivity contribution >= 4 is 39.4 Å². The van der Waals surface area contributed by atoms with Gasteiger partial charge in [-0.3, -0.25) is 4.79 Å². The Balaban J connectivity index is 2.26. The summed E-state index contributed by atoms with van der Waals surface area (Å²) in [6.45, 7) is 0.476. The molecular weight excluding hydrogens is 334 g/mol. The molecular formula is C13H13BrClNO3. The normalized spacial score (nSPS) is 19.3. The van der Waals surface area contributed by atoms with Gasteiger partial charge in [-0.05, 0) is 53.4 Å². The van der Waals surface area contributed by atoms with Crippen LogP contribution in [0.15, 0.2) is 22.7 Å². The number of halogens is 2. The Morgan fingerprint density at radius 3 is 2.74 bits per heavy atom. The predicted octanol–water partition coefficient (Wildman–Crippen LogP) is 3.18. The first-order valence-electron chi connectivity index (χ1n) is 5.99. The second kappa shape index (κ2) is 5.92. The molecule has 4 nitrogen and oxygen atoms in total. The van der Waals surface area contributed by atoms with Crippen molar-refractivity contribution in [1.82, 2.24) is 4.90 Å². The summed E-state index contributed by atoms with van der Waals surface area (Å²) >= 11 is 9.22. The van der Waals surface area contributed by atoms with Gasteiger partial charge in [0, 0.05) is 16.6 Å². The quantitative estimate of drug-likeness (QED) is 0.895. The van der Waals surface area contributed by atoms with Gasteiger partial charge in [0.05, 0.1) is 5.02 Å². The SMILES string of the molecule is O=C(O)[C@H]1CCCCN1C(=O)c1ccc(Br)c(Cl)c1. The zero-order valence-corrected chi connectivity index (χ0v) is 12.4. The lowest BCUT2D eigenvalue weighted by molar-refractivity contribution is -0.143. The van der Waals surface area contributed by atoms with E-state index < -0.39 is 12.0 Å². The van der Waals surface area contributed by atoms with Gasteiger partial charge in [-0.15, -0.1) is 0 Å². The summed E-state index contributed by atoms with van der Waals surface area (Å²) in [6, 6.07) is 4.16. The van der Waals surface area contributed by atoms with Gasteiger partial charge in [0.25, 0.3) is 5.91 Å². The number of hydrogen-bond donors (Lipinski definition) is 1. The van der Waals surface area contributed by atoms with E-state index >= 15 is 0 Å². The Kier molecular flexibility index (Phi) is 4.47. The first kappa shape index (κ1) is 14.3. The summed E-state index contributed by atoms with van der Waals surface area (Å²) in [6.07, 6.45) is 2.17. The van der Waals surface area contributed by atoms with E-state index in [2.05, 4.69) is 15.9 Å². The van der Waals surface area contributed by atoms with Crippen LogP contribution in [0.3, 0.4) is 0 Å². The third kappa shape index (κ3) is 3.09. The van der Waals surface area contributed by atoms with Crippen molar-refractivity contribution in [2.45, 2.75) is 25.3 Å². The van der Waals surface area contributed by atoms with Crippen molar-refractivity contribution in [2.24, 2.45) is 0 Å². The standard InChI is InChI=1S/C13H13BrClNO3/c14-9-5-4-8(7-10(9)15)12(17)16-6-2-1-3-11(16)13(18)19/h4-5,7,11H,1-3,6H2,(H,18,19)/t11-/m1/s1. The van der Waals surface area contributed by atoms with Crippen LogP contribution >= 0.6 is 27.5 Å². The molecule has 1 heterocycles. The van der Waals surface area contributed by atoms with E-state index in [9.17, 15) is 14.7 Å². The molecule has 1 aliphatic rings. The lowest BCUT2D eigenvalue weighted by atomic mass is 10.0. The summed E-state index contributed by atoms with van der Waals surface area (Å²) in [7, 11) is 0. The number of carbonyl (C=O) groups excluding carboxylic acids is 1. The first-order chi connectivity index (χ1) is 9.00. The smallest absolute Gasteiger partial charge is 0.326 e. The van der Waals surface area contributed by atoms with E-state index in [1.54, 1.807) is 18.2 Å². The number of rotatable bonds is 2. The average molecular weight is 347 g/mol. The zero-order chi connectivity index (χ0) is 14.0. The van der Waals surface area contributed by atoms with Gasteiger partial charge in [0.2, 0.25) is 0 Å². The van der Waals surface area contributed by atoms with Crippen LogP contribution in [-0.2, 0) is 4.79 Å². The van der Waals surface area contributed by atoms with Crippen LogP contribution in [-0.4, -0.2) is 34.5 Å². The predicted molar refractivity (Wildman–Crippen MR) is 75.5 cm³/mol. The van der Waals surface area contributed by atoms with Crippen LogP contribution < -0.4 is 0 Å². The molecule has 19 heavy (non-hydrogen) atoms. The lowest BCUT2D eigenvalue weighted by Gasteiger charge is -2.33. The van der Waals surface area contributed by atoms with Crippen LogP contribution in [0.4, 0.5) is 0 Å². The summed E-state index contributed by atoms with van der Waals surface area (Å²) in [5, 5.41) is 9.62. The van der Waals surface area contributed by atoms with E-state index in [0.29, 0.717) is 28.0 Å². The van der Waals surface area contributed by atoms with Crippen LogP contribution in [0.1, 0.15) is 29.6 Å². The van der Waals surface area contributed by atoms with Crippen LogP contribution in [0.25, 0.3) is 0 Å². The second-order valence-electron chi connectivity index (χ2n) is 4.48. The van der Waals surface area contributed by atoms with Crippen molar-refractivity contribution in [3.63, 3.8) is 0 Å². The fraction of sp³-hybridized carbons (Fsp3) is 0.385.